The summed E-state index contributed by atoms with van der Waals surface area (Å²) in [6.45, 7) is 1.68. The molecule has 5 N–H and O–H groups in total. The van der Waals surface area contributed by atoms with Crippen molar-refractivity contribution in [3.05, 3.63) is 88.3 Å². The highest BCUT2D eigenvalue weighted by atomic mass is 35.5. The van der Waals surface area contributed by atoms with E-state index < -0.39 is 15.8 Å². The van der Waals surface area contributed by atoms with Crippen LogP contribution in [0, 0.1) is 0 Å². The number of rotatable bonds is 6. The molecule has 3 fully saturated rings. The maximum atomic E-state index is 13.6. The van der Waals surface area contributed by atoms with Gasteiger partial charge in [0.25, 0.3) is 5.91 Å². The van der Waals surface area contributed by atoms with Crippen molar-refractivity contribution in [1.29, 1.82) is 0 Å². The van der Waals surface area contributed by atoms with Gasteiger partial charge >= 0.3 is 0 Å². The van der Waals surface area contributed by atoms with E-state index in [1.54, 1.807) is 17.0 Å². The molecule has 3 aliphatic rings. The number of nitrogens with one attached hydrogen (secondary N) is 1. The molecule has 1 unspecified atom stereocenters. The first-order valence-corrected chi connectivity index (χ1v) is 16.5. The highest BCUT2D eigenvalue weighted by Crippen LogP contribution is 2.36. The summed E-state index contributed by atoms with van der Waals surface area (Å²) in [5, 5.41) is 3.41. The number of hydrogen-bond donors (Lipinski definition) is 3. The summed E-state index contributed by atoms with van der Waals surface area (Å²) < 4.78 is 34.5. The topological polar surface area (TPSA) is 174 Å². The number of nitrogens with zero attached hydrogens (tertiary/aromatic N) is 4. The minimum Gasteiger partial charge on any atom is -0.383 e. The van der Waals surface area contributed by atoms with Gasteiger partial charge in [-0.3, -0.25) is 9.59 Å². The van der Waals surface area contributed by atoms with E-state index in [4.69, 9.17) is 27.8 Å². The Labute approximate surface area is 266 Å². The average molecular weight is 652 g/mol. The number of carbonyl (C=O) groups excluding carboxylic acids is 2. The number of halogens is 1. The van der Waals surface area contributed by atoms with Crippen LogP contribution < -0.4 is 16.8 Å². The molecule has 12 nitrogen and oxygen atoms in total. The smallest absolute Gasteiger partial charge is 0.253 e. The van der Waals surface area contributed by atoms with Crippen LogP contribution in [0.15, 0.2) is 71.3 Å². The van der Waals surface area contributed by atoms with E-state index in [1.807, 2.05) is 30.3 Å². The number of piperidine rings is 1. The van der Waals surface area contributed by atoms with Gasteiger partial charge in [0.15, 0.2) is 22.5 Å². The lowest BCUT2D eigenvalue weighted by Crippen LogP contribution is -2.51. The third-order valence-electron chi connectivity index (χ3n) is 8.67. The molecule has 1 atom stereocenters. The van der Waals surface area contributed by atoms with Gasteiger partial charge in [-0.05, 0) is 49.4 Å². The van der Waals surface area contributed by atoms with Gasteiger partial charge in [0.2, 0.25) is 15.8 Å². The minimum absolute atomic E-state index is 0.0416. The Morgan fingerprint density at radius 2 is 1.76 bits per heavy atom. The molecule has 1 amide bonds. The summed E-state index contributed by atoms with van der Waals surface area (Å²) in [7, 11) is -3.84. The van der Waals surface area contributed by atoms with Gasteiger partial charge in [-0.25, -0.2) is 18.4 Å². The number of ether oxygens (including phenoxy) is 1. The normalized spacial score (nSPS) is 21.1. The molecule has 4 heterocycles. The number of ketones is 1. The summed E-state index contributed by atoms with van der Waals surface area (Å²) >= 11 is 5.93. The van der Waals surface area contributed by atoms with Crippen LogP contribution in [0.25, 0.3) is 0 Å². The highest BCUT2D eigenvalue weighted by Gasteiger charge is 2.40. The van der Waals surface area contributed by atoms with Gasteiger partial charge in [0, 0.05) is 49.1 Å². The Morgan fingerprint density at radius 3 is 2.51 bits per heavy atom. The predicted molar refractivity (Wildman–Crippen MR) is 169 cm³/mol. The van der Waals surface area contributed by atoms with Crippen LogP contribution in [0.3, 0.4) is 0 Å². The Balaban J connectivity index is 1.09. The lowest BCUT2D eigenvalue weighted by Gasteiger charge is -2.39. The minimum atomic E-state index is -3.84. The van der Waals surface area contributed by atoms with Gasteiger partial charge < -0.3 is 26.4 Å². The average Bonchev–Trinajstić information content (AvgIpc) is 3.44. The quantitative estimate of drug-likeness (QED) is 0.265. The predicted octanol–water partition coefficient (Wildman–Crippen LogP) is 3.18. The lowest BCUT2D eigenvalue weighted by atomic mass is 9.86. The molecule has 14 heteroatoms. The number of allylic oxidation sites excluding steroid dienone is 2. The second-order valence-corrected chi connectivity index (χ2v) is 13.8. The van der Waals surface area contributed by atoms with Gasteiger partial charge in [-0.2, -0.15) is 4.31 Å². The zero-order valence-corrected chi connectivity index (χ0v) is 26.1. The Kier molecular flexibility index (Phi) is 8.53. The number of nitrogen functional groups attached to an aromatic ring is 2. The summed E-state index contributed by atoms with van der Waals surface area (Å²) in [6, 6.07) is 15.8. The van der Waals surface area contributed by atoms with E-state index in [2.05, 4.69) is 15.3 Å². The number of nitrogens with two attached hydrogens (primary N) is 2. The molecule has 3 aliphatic heterocycles. The molecular formula is C31H34ClN7O5S. The first kappa shape index (κ1) is 31.0. The molecule has 3 saturated heterocycles. The van der Waals surface area contributed by atoms with Crippen molar-refractivity contribution in [3.63, 3.8) is 0 Å². The van der Waals surface area contributed by atoms with E-state index >= 15 is 0 Å². The number of carbonyl (C=O) groups is 2. The fourth-order valence-electron chi connectivity index (χ4n) is 6.14. The van der Waals surface area contributed by atoms with Crippen LogP contribution in [0.1, 0.15) is 58.2 Å². The molecule has 1 spiro atoms. The van der Waals surface area contributed by atoms with Crippen LogP contribution in [0.2, 0.25) is 5.15 Å². The van der Waals surface area contributed by atoms with Gasteiger partial charge in [-0.15, -0.1) is 0 Å². The van der Waals surface area contributed by atoms with Crippen LogP contribution in [-0.2, 0) is 14.8 Å². The van der Waals surface area contributed by atoms with Crippen molar-refractivity contribution in [2.75, 3.05) is 44.3 Å². The summed E-state index contributed by atoms with van der Waals surface area (Å²) in [5.74, 6) is -0.766. The van der Waals surface area contributed by atoms with Crippen LogP contribution >= 0.6 is 11.6 Å². The monoisotopic (exact) mass is 651 g/mol. The largest absolute Gasteiger partial charge is 0.383 e. The maximum Gasteiger partial charge on any atom is 0.253 e. The van der Waals surface area contributed by atoms with Crippen molar-refractivity contribution in [1.82, 2.24) is 24.5 Å². The Bertz CT molecular complexity index is 1760. The van der Waals surface area contributed by atoms with Crippen molar-refractivity contribution in [2.24, 2.45) is 0 Å². The molecule has 6 rings (SSSR count). The highest BCUT2D eigenvalue weighted by molar-refractivity contribution is 7.89. The Hall–Kier alpha value is -4.04. The van der Waals surface area contributed by atoms with Crippen molar-refractivity contribution in [3.8, 4) is 0 Å². The summed E-state index contributed by atoms with van der Waals surface area (Å²) in [4.78, 5) is 36.0. The molecular weight excluding hydrogens is 618 g/mol. The maximum absolute atomic E-state index is 13.6. The number of morpholine rings is 1. The first-order valence-electron chi connectivity index (χ1n) is 14.7. The van der Waals surface area contributed by atoms with E-state index in [1.165, 1.54) is 22.5 Å². The van der Waals surface area contributed by atoms with E-state index in [9.17, 15) is 18.0 Å². The number of hydrogen-bond acceptors (Lipinski definition) is 10. The van der Waals surface area contributed by atoms with Crippen LogP contribution in [0.4, 0.5) is 11.6 Å². The third-order valence-corrected chi connectivity index (χ3v) is 10.8. The number of aromatic nitrogens is 2. The molecule has 3 aromatic rings. The van der Waals surface area contributed by atoms with Crippen LogP contribution in [-0.4, -0.2) is 77.6 Å². The number of amides is 1. The zero-order chi connectivity index (χ0) is 31.8. The molecule has 1 aromatic heterocycles. The SMILES string of the molecule is Nc1nc(N)c(C(=O)/C=C2\CCC3(CCN(C(=O)c4cccc(S(=O)(=O)N5CCOC(c6ccccc6)C5)c4)CC3)N2)nc1Cl. The summed E-state index contributed by atoms with van der Waals surface area (Å²) in [6.07, 6.45) is 3.90. The van der Waals surface area contributed by atoms with E-state index in [0.29, 0.717) is 37.9 Å². The number of likely N-dealkylation sites (tertiary alicyclic amines) is 1. The number of anilines is 2. The molecule has 45 heavy (non-hydrogen) atoms. The third kappa shape index (κ3) is 6.39. The molecule has 0 saturated carbocycles. The van der Waals surface area contributed by atoms with Crippen molar-refractivity contribution in [2.45, 2.75) is 42.2 Å². The van der Waals surface area contributed by atoms with E-state index in [-0.39, 0.29) is 64.6 Å². The fraction of sp³-hybridized carbons (Fsp3) is 0.355. The number of benzene rings is 2. The molecule has 236 valence electrons. The van der Waals surface area contributed by atoms with Crippen LogP contribution in [0.5, 0.6) is 0 Å². The molecule has 0 bridgehead atoms. The number of sulfonamides is 1. The van der Waals surface area contributed by atoms with Gasteiger partial charge in [0.1, 0.15) is 0 Å². The second-order valence-electron chi connectivity index (χ2n) is 11.5. The standard InChI is InChI=1S/C31H34ClN7O5S/c32-27-29(34)36-28(33)26(35-27)24(40)18-22-9-10-31(37-22)11-13-38(14-12-31)30(41)21-7-4-8-23(17-21)45(42,43)39-15-16-44-25(19-39)20-5-2-1-3-6-20/h1-8,17-18,25,37H,9-16,19H2,(H4,33,34,36)/b22-18+. The molecule has 0 aliphatic carbocycles. The zero-order valence-electron chi connectivity index (χ0n) is 24.5. The molecule has 0 radical (unpaired) electrons. The van der Waals surface area contributed by atoms with Gasteiger partial charge in [-0.1, -0.05) is 48.0 Å². The summed E-state index contributed by atoms with van der Waals surface area (Å²) in [5.41, 5.74) is 13.1. The Morgan fingerprint density at radius 1 is 1.00 bits per heavy atom. The first-order chi connectivity index (χ1) is 21.5. The van der Waals surface area contributed by atoms with E-state index in [0.717, 1.165) is 17.7 Å². The van der Waals surface area contributed by atoms with Crippen molar-refractivity contribution >= 4 is 45.0 Å². The second kappa shape index (κ2) is 12.4. The van der Waals surface area contributed by atoms with Gasteiger partial charge in [0.05, 0.1) is 17.6 Å². The van der Waals surface area contributed by atoms with Crippen molar-refractivity contribution < 1.29 is 22.7 Å². The molecule has 2 aromatic carbocycles. The fourth-order valence-corrected chi connectivity index (χ4v) is 7.74. The lowest BCUT2D eigenvalue weighted by molar-refractivity contribution is -0.00255.